The summed E-state index contributed by atoms with van der Waals surface area (Å²) in [5.74, 6) is 1.29. The number of hydrogen-bond acceptors (Lipinski definition) is 1. The Hall–Kier alpha value is -1.31. The first kappa shape index (κ1) is 12.2. The Labute approximate surface area is 104 Å². The summed E-state index contributed by atoms with van der Waals surface area (Å²) in [7, 11) is 0. The second kappa shape index (κ2) is 4.91. The van der Waals surface area contributed by atoms with Gasteiger partial charge in [-0.1, -0.05) is 18.2 Å². The molecule has 1 heterocycles. The van der Waals surface area contributed by atoms with Gasteiger partial charge in [-0.15, -0.1) is 19.7 Å². The van der Waals surface area contributed by atoms with Crippen LogP contribution >= 0.6 is 0 Å². The Bertz CT molecular complexity index is 347. The van der Waals surface area contributed by atoms with Crippen molar-refractivity contribution in [3.8, 4) is 0 Å². The molecule has 0 unspecified atom stereocenters. The zero-order valence-electron chi connectivity index (χ0n) is 10.3. The molecule has 2 nitrogen and oxygen atoms in total. The molecule has 92 valence electrons. The predicted octanol–water partition coefficient (Wildman–Crippen LogP) is 2.79. The molecule has 2 fully saturated rings. The van der Waals surface area contributed by atoms with Crippen LogP contribution < -0.4 is 0 Å². The van der Waals surface area contributed by atoms with Crippen molar-refractivity contribution in [3.63, 3.8) is 0 Å². The highest BCUT2D eigenvalue weighted by molar-refractivity contribution is 5.87. The van der Waals surface area contributed by atoms with Gasteiger partial charge in [-0.25, -0.2) is 0 Å². The van der Waals surface area contributed by atoms with Crippen molar-refractivity contribution in [2.45, 2.75) is 25.3 Å². The van der Waals surface area contributed by atoms with Gasteiger partial charge < -0.3 is 4.90 Å². The van der Waals surface area contributed by atoms with E-state index < -0.39 is 0 Å². The van der Waals surface area contributed by atoms with E-state index in [1.54, 1.807) is 0 Å². The first-order valence-electron chi connectivity index (χ1n) is 6.41. The molecule has 0 aromatic heterocycles. The zero-order chi connectivity index (χ0) is 12.4. The number of carbonyl (C=O) groups excluding carboxylic acids is 1. The molecule has 0 aromatic rings. The Morgan fingerprint density at radius 1 is 1.24 bits per heavy atom. The number of carbonyl (C=O) groups is 1. The molecular formula is C15H21NO. The summed E-state index contributed by atoms with van der Waals surface area (Å²) in [5.41, 5.74) is 0. The highest BCUT2D eigenvalue weighted by Crippen LogP contribution is 2.48. The molecule has 2 aliphatic rings. The molecule has 0 spiro atoms. The smallest absolute Gasteiger partial charge is 0.228 e. The number of likely N-dealkylation sites (tertiary alicyclic amines) is 1. The Kier molecular flexibility index (Phi) is 3.51. The summed E-state index contributed by atoms with van der Waals surface area (Å²) in [6.07, 6.45) is 8.89. The van der Waals surface area contributed by atoms with E-state index in [9.17, 15) is 4.79 Å². The van der Waals surface area contributed by atoms with Crippen molar-refractivity contribution < 1.29 is 4.79 Å². The van der Waals surface area contributed by atoms with Crippen LogP contribution in [0.5, 0.6) is 0 Å². The van der Waals surface area contributed by atoms with Crippen LogP contribution in [0.4, 0.5) is 0 Å². The average molecular weight is 231 g/mol. The van der Waals surface area contributed by atoms with Crippen molar-refractivity contribution >= 4 is 5.91 Å². The Balaban J connectivity index is 2.02. The van der Waals surface area contributed by atoms with Crippen molar-refractivity contribution in [2.75, 3.05) is 6.54 Å². The number of allylic oxidation sites excluding steroid dienone is 2. The predicted molar refractivity (Wildman–Crippen MR) is 70.4 cm³/mol. The monoisotopic (exact) mass is 231 g/mol. The molecule has 1 saturated carbocycles. The fraction of sp³-hybridized carbons (Fsp3) is 0.533. The van der Waals surface area contributed by atoms with Gasteiger partial charge in [-0.3, -0.25) is 4.79 Å². The second-order valence-electron chi connectivity index (χ2n) is 5.01. The number of rotatable bonds is 6. The van der Waals surface area contributed by atoms with Crippen LogP contribution in [0.25, 0.3) is 0 Å². The van der Waals surface area contributed by atoms with Gasteiger partial charge in [0.1, 0.15) is 0 Å². The largest absolute Gasteiger partial charge is 0.338 e. The Morgan fingerprint density at radius 3 is 2.53 bits per heavy atom. The summed E-state index contributed by atoms with van der Waals surface area (Å²) >= 11 is 0. The van der Waals surface area contributed by atoms with Crippen LogP contribution in [0.15, 0.2) is 38.0 Å². The molecule has 17 heavy (non-hydrogen) atoms. The fourth-order valence-corrected chi connectivity index (χ4v) is 3.27. The maximum Gasteiger partial charge on any atom is 0.228 e. The van der Waals surface area contributed by atoms with Gasteiger partial charge in [-0.2, -0.15) is 0 Å². The van der Waals surface area contributed by atoms with Crippen molar-refractivity contribution in [1.82, 2.24) is 4.90 Å². The van der Waals surface area contributed by atoms with E-state index >= 15 is 0 Å². The van der Waals surface area contributed by atoms with Crippen molar-refractivity contribution in [3.05, 3.63) is 38.0 Å². The van der Waals surface area contributed by atoms with Gasteiger partial charge in [0.2, 0.25) is 5.91 Å². The van der Waals surface area contributed by atoms with Gasteiger partial charge in [0.25, 0.3) is 0 Å². The van der Waals surface area contributed by atoms with Gasteiger partial charge in [0, 0.05) is 6.54 Å². The SMILES string of the molecule is C=CCCCN1C(=O)[C@H]2[C@@H]1[C@H](C=C)C[C@@H]2C=C. The van der Waals surface area contributed by atoms with Gasteiger partial charge in [0.05, 0.1) is 12.0 Å². The molecule has 1 aliphatic carbocycles. The standard InChI is InChI=1S/C15H21NO/c1-4-7-8-9-16-14-12(6-3)10-11(5-2)13(14)15(16)17/h4-6,11-14H,1-3,7-10H2/t11-,12+,13+,14-/m0/s1. The molecule has 1 saturated heterocycles. The summed E-state index contributed by atoms with van der Waals surface area (Å²) in [4.78, 5) is 14.1. The molecule has 1 aliphatic heterocycles. The van der Waals surface area contributed by atoms with Crippen LogP contribution in [0.3, 0.4) is 0 Å². The summed E-state index contributed by atoms with van der Waals surface area (Å²) < 4.78 is 0. The topological polar surface area (TPSA) is 20.3 Å². The number of β-lactam (4-membered cyclic amide) rings is 1. The van der Waals surface area contributed by atoms with E-state index in [1.165, 1.54) is 0 Å². The van der Waals surface area contributed by atoms with Crippen molar-refractivity contribution in [2.24, 2.45) is 17.8 Å². The third-order valence-electron chi connectivity index (χ3n) is 4.15. The van der Waals surface area contributed by atoms with Crippen LogP contribution in [0.1, 0.15) is 19.3 Å². The molecule has 2 heteroatoms. The van der Waals surface area contributed by atoms with Crippen LogP contribution in [0, 0.1) is 17.8 Å². The van der Waals surface area contributed by atoms with Crippen LogP contribution in [-0.2, 0) is 4.79 Å². The number of fused-ring (bicyclic) bond motifs is 1. The van der Waals surface area contributed by atoms with E-state index in [1.807, 2.05) is 23.1 Å². The number of unbranched alkanes of at least 4 members (excludes halogenated alkanes) is 1. The van der Waals surface area contributed by atoms with Gasteiger partial charge >= 0.3 is 0 Å². The Morgan fingerprint density at radius 2 is 1.94 bits per heavy atom. The lowest BCUT2D eigenvalue weighted by Gasteiger charge is -2.47. The summed E-state index contributed by atoms with van der Waals surface area (Å²) in [5, 5.41) is 0. The van der Waals surface area contributed by atoms with E-state index in [4.69, 9.17) is 0 Å². The third kappa shape index (κ3) is 1.86. The van der Waals surface area contributed by atoms with Crippen LogP contribution in [0.2, 0.25) is 0 Å². The molecule has 1 amide bonds. The third-order valence-corrected chi connectivity index (χ3v) is 4.15. The van der Waals surface area contributed by atoms with Crippen molar-refractivity contribution in [1.29, 1.82) is 0 Å². The molecular weight excluding hydrogens is 210 g/mol. The van der Waals surface area contributed by atoms with E-state index in [0.29, 0.717) is 23.8 Å². The van der Waals surface area contributed by atoms with Gasteiger partial charge in [0.15, 0.2) is 0 Å². The molecule has 2 rings (SSSR count). The van der Waals surface area contributed by atoms with E-state index in [0.717, 1.165) is 25.8 Å². The minimum atomic E-state index is 0.180. The summed E-state index contributed by atoms with van der Waals surface area (Å²) in [6.45, 7) is 12.3. The minimum absolute atomic E-state index is 0.180. The fourth-order valence-electron chi connectivity index (χ4n) is 3.27. The lowest BCUT2D eigenvalue weighted by Crippen LogP contribution is -2.61. The highest BCUT2D eigenvalue weighted by atomic mass is 16.2. The molecule has 4 atom stereocenters. The molecule has 0 aromatic carbocycles. The summed E-state index contributed by atoms with van der Waals surface area (Å²) in [6, 6.07) is 0.382. The highest BCUT2D eigenvalue weighted by Gasteiger charge is 2.57. The first-order chi connectivity index (χ1) is 8.24. The maximum absolute atomic E-state index is 12.1. The lowest BCUT2D eigenvalue weighted by atomic mass is 9.82. The zero-order valence-corrected chi connectivity index (χ0v) is 10.3. The number of hydrogen-bond donors (Lipinski definition) is 0. The quantitative estimate of drug-likeness (QED) is 0.391. The van der Waals surface area contributed by atoms with E-state index in [2.05, 4.69) is 19.7 Å². The minimum Gasteiger partial charge on any atom is -0.338 e. The molecule has 0 N–H and O–H groups in total. The molecule has 0 radical (unpaired) electrons. The first-order valence-corrected chi connectivity index (χ1v) is 6.41. The maximum atomic E-state index is 12.1. The lowest BCUT2D eigenvalue weighted by molar-refractivity contribution is -0.156. The average Bonchev–Trinajstić information content (AvgIpc) is 2.69. The van der Waals surface area contributed by atoms with Gasteiger partial charge in [-0.05, 0) is 31.1 Å². The normalized spacial score (nSPS) is 35.1. The number of nitrogens with zero attached hydrogens (tertiary/aromatic N) is 1. The number of amides is 1. The van der Waals surface area contributed by atoms with Crippen LogP contribution in [-0.4, -0.2) is 23.4 Å². The molecule has 0 bridgehead atoms. The van der Waals surface area contributed by atoms with E-state index in [-0.39, 0.29) is 5.92 Å². The second-order valence-corrected chi connectivity index (χ2v) is 5.01.